The molecule has 4 heteroatoms. The minimum absolute atomic E-state index is 0.167. The van der Waals surface area contributed by atoms with Crippen molar-refractivity contribution in [2.45, 2.75) is 32.5 Å². The van der Waals surface area contributed by atoms with Crippen LogP contribution < -0.4 is 5.73 Å². The van der Waals surface area contributed by atoms with Gasteiger partial charge in [0.2, 0.25) is 0 Å². The third kappa shape index (κ3) is 9.19. The molecule has 0 amide bonds. The molecule has 1 aromatic rings. The number of alkyl halides is 1. The fraction of sp³-hybridized carbons (Fsp3) is 0.500. The Labute approximate surface area is 119 Å². The molecular formula is C14H24BrNO2. The van der Waals surface area contributed by atoms with Gasteiger partial charge in [-0.3, -0.25) is 4.79 Å². The minimum Gasteiger partial charge on any atom is -0.466 e. The highest BCUT2D eigenvalue weighted by molar-refractivity contribution is 9.08. The third-order valence-corrected chi connectivity index (χ3v) is 2.45. The Bertz CT molecular complexity index is 316. The highest BCUT2D eigenvalue weighted by Crippen LogP contribution is 2.09. The van der Waals surface area contributed by atoms with Gasteiger partial charge in [-0.1, -0.05) is 54.0 Å². The van der Waals surface area contributed by atoms with Gasteiger partial charge in [-0.15, -0.1) is 0 Å². The summed E-state index contributed by atoms with van der Waals surface area (Å²) in [5.41, 5.74) is 6.67. The second-order valence-corrected chi connectivity index (χ2v) is 3.50. The van der Waals surface area contributed by atoms with Gasteiger partial charge >= 0.3 is 5.97 Å². The topological polar surface area (TPSA) is 52.3 Å². The number of nitrogens with two attached hydrogens (primary N) is 1. The zero-order chi connectivity index (χ0) is 14.4. The van der Waals surface area contributed by atoms with Gasteiger partial charge in [0, 0.05) is 5.33 Å². The number of ether oxygens (including phenoxy) is 1. The van der Waals surface area contributed by atoms with Crippen LogP contribution in [0.3, 0.4) is 0 Å². The standard InChI is InChI=1S/C11H13BrO2.C2H6.CH5N/c1-2-14-11(13)7-9-4-3-5-10(6-9)8-12;2*1-2/h3-6H,2,7-8H2,1H3;1-2H3;2H2,1H3. The van der Waals surface area contributed by atoms with Gasteiger partial charge < -0.3 is 10.5 Å². The Hall–Kier alpha value is -0.870. The van der Waals surface area contributed by atoms with Crippen LogP contribution in [0.4, 0.5) is 0 Å². The van der Waals surface area contributed by atoms with Gasteiger partial charge in [-0.25, -0.2) is 0 Å². The molecule has 2 N–H and O–H groups in total. The van der Waals surface area contributed by atoms with Crippen molar-refractivity contribution in [2.75, 3.05) is 13.7 Å². The molecule has 0 atom stereocenters. The molecule has 1 aromatic carbocycles. The maximum Gasteiger partial charge on any atom is 0.310 e. The lowest BCUT2D eigenvalue weighted by Gasteiger charge is -2.03. The Morgan fingerprint density at radius 2 is 1.83 bits per heavy atom. The predicted molar refractivity (Wildman–Crippen MR) is 80.9 cm³/mol. The Morgan fingerprint density at radius 1 is 1.28 bits per heavy atom. The molecule has 0 aliphatic heterocycles. The first-order chi connectivity index (χ1) is 8.76. The molecule has 0 fully saturated rings. The van der Waals surface area contributed by atoms with E-state index in [0.29, 0.717) is 13.0 Å². The Kier molecular flexibility index (Phi) is 15.4. The summed E-state index contributed by atoms with van der Waals surface area (Å²) in [6, 6.07) is 7.91. The zero-order valence-electron chi connectivity index (χ0n) is 11.7. The molecule has 18 heavy (non-hydrogen) atoms. The predicted octanol–water partition coefficient (Wildman–Crippen LogP) is 3.29. The smallest absolute Gasteiger partial charge is 0.310 e. The van der Waals surface area contributed by atoms with E-state index in [1.54, 1.807) is 0 Å². The van der Waals surface area contributed by atoms with Crippen LogP contribution in [-0.2, 0) is 21.3 Å². The number of carbonyl (C=O) groups excluding carboxylic acids is 1. The van der Waals surface area contributed by atoms with E-state index in [-0.39, 0.29) is 5.97 Å². The second kappa shape index (κ2) is 14.2. The van der Waals surface area contributed by atoms with Crippen molar-refractivity contribution in [1.82, 2.24) is 0 Å². The highest BCUT2D eigenvalue weighted by Gasteiger charge is 2.03. The summed E-state index contributed by atoms with van der Waals surface area (Å²) in [6.45, 7) is 6.25. The summed E-state index contributed by atoms with van der Waals surface area (Å²) in [7, 11) is 1.50. The van der Waals surface area contributed by atoms with E-state index >= 15 is 0 Å². The molecule has 0 saturated heterocycles. The lowest BCUT2D eigenvalue weighted by Crippen LogP contribution is -2.07. The van der Waals surface area contributed by atoms with Crippen molar-refractivity contribution in [1.29, 1.82) is 0 Å². The molecule has 0 heterocycles. The number of esters is 1. The zero-order valence-corrected chi connectivity index (χ0v) is 13.3. The minimum atomic E-state index is -0.167. The van der Waals surface area contributed by atoms with E-state index in [1.807, 2.05) is 45.0 Å². The van der Waals surface area contributed by atoms with Gasteiger partial charge in [0.05, 0.1) is 13.0 Å². The quantitative estimate of drug-likeness (QED) is 0.684. The van der Waals surface area contributed by atoms with Crippen LogP contribution in [0.5, 0.6) is 0 Å². The lowest BCUT2D eigenvalue weighted by molar-refractivity contribution is -0.142. The van der Waals surface area contributed by atoms with Crippen LogP contribution in [0.2, 0.25) is 0 Å². The number of benzene rings is 1. The lowest BCUT2D eigenvalue weighted by atomic mass is 10.1. The van der Waals surface area contributed by atoms with Gasteiger partial charge in [-0.05, 0) is 25.1 Å². The van der Waals surface area contributed by atoms with E-state index in [0.717, 1.165) is 10.9 Å². The SMILES string of the molecule is CC.CCOC(=O)Cc1cccc(CBr)c1.CN. The van der Waals surface area contributed by atoms with E-state index in [2.05, 4.69) is 21.7 Å². The maximum atomic E-state index is 11.2. The molecule has 0 aromatic heterocycles. The number of hydrogen-bond acceptors (Lipinski definition) is 3. The molecule has 0 aliphatic carbocycles. The molecule has 0 bridgehead atoms. The summed E-state index contributed by atoms with van der Waals surface area (Å²) >= 11 is 3.37. The first-order valence-corrected chi connectivity index (χ1v) is 7.25. The molecule has 0 radical (unpaired) electrons. The summed E-state index contributed by atoms with van der Waals surface area (Å²) in [5, 5.41) is 0.809. The fourth-order valence-electron chi connectivity index (χ4n) is 1.20. The average molecular weight is 318 g/mol. The van der Waals surface area contributed by atoms with Crippen LogP contribution in [-0.4, -0.2) is 19.6 Å². The first kappa shape index (κ1) is 19.5. The van der Waals surface area contributed by atoms with Crippen molar-refractivity contribution in [3.05, 3.63) is 35.4 Å². The molecule has 1 rings (SSSR count). The van der Waals surface area contributed by atoms with Crippen molar-refractivity contribution in [3.8, 4) is 0 Å². The number of rotatable bonds is 4. The van der Waals surface area contributed by atoms with E-state index < -0.39 is 0 Å². The summed E-state index contributed by atoms with van der Waals surface area (Å²) in [4.78, 5) is 11.2. The highest BCUT2D eigenvalue weighted by atomic mass is 79.9. The summed E-state index contributed by atoms with van der Waals surface area (Å²) in [6.07, 6.45) is 0.356. The van der Waals surface area contributed by atoms with Crippen LogP contribution in [0.15, 0.2) is 24.3 Å². The fourth-order valence-corrected chi connectivity index (χ4v) is 1.55. The average Bonchev–Trinajstić information content (AvgIpc) is 2.43. The van der Waals surface area contributed by atoms with Gasteiger partial charge in [-0.2, -0.15) is 0 Å². The molecule has 0 spiro atoms. The van der Waals surface area contributed by atoms with Crippen LogP contribution in [0, 0.1) is 0 Å². The van der Waals surface area contributed by atoms with E-state index in [4.69, 9.17) is 4.74 Å². The van der Waals surface area contributed by atoms with Gasteiger partial charge in [0.25, 0.3) is 0 Å². The van der Waals surface area contributed by atoms with Crippen molar-refractivity contribution in [2.24, 2.45) is 5.73 Å². The Morgan fingerprint density at radius 3 is 2.33 bits per heavy atom. The largest absolute Gasteiger partial charge is 0.466 e. The molecule has 0 saturated carbocycles. The van der Waals surface area contributed by atoms with Gasteiger partial charge in [0.1, 0.15) is 0 Å². The third-order valence-electron chi connectivity index (χ3n) is 1.80. The van der Waals surface area contributed by atoms with Crippen LogP contribution in [0.1, 0.15) is 31.9 Å². The monoisotopic (exact) mass is 317 g/mol. The number of hydrogen-bond donors (Lipinski definition) is 1. The molecule has 3 nitrogen and oxygen atoms in total. The van der Waals surface area contributed by atoms with Gasteiger partial charge in [0.15, 0.2) is 0 Å². The summed E-state index contributed by atoms with van der Waals surface area (Å²) in [5.74, 6) is -0.167. The molecular weight excluding hydrogens is 294 g/mol. The second-order valence-electron chi connectivity index (χ2n) is 2.94. The number of halogens is 1. The molecule has 0 unspecified atom stereocenters. The van der Waals surface area contributed by atoms with E-state index in [1.165, 1.54) is 12.6 Å². The molecule has 104 valence electrons. The Balaban J connectivity index is 0. The molecule has 0 aliphatic rings. The first-order valence-electron chi connectivity index (χ1n) is 6.13. The maximum absolute atomic E-state index is 11.2. The normalized spacial score (nSPS) is 8.33. The van der Waals surface area contributed by atoms with Crippen LogP contribution in [0.25, 0.3) is 0 Å². The van der Waals surface area contributed by atoms with Crippen LogP contribution >= 0.6 is 15.9 Å². The number of carbonyl (C=O) groups is 1. The van der Waals surface area contributed by atoms with Crippen molar-refractivity contribution < 1.29 is 9.53 Å². The van der Waals surface area contributed by atoms with Crippen molar-refractivity contribution >= 4 is 21.9 Å². The van der Waals surface area contributed by atoms with E-state index in [9.17, 15) is 4.79 Å². The van der Waals surface area contributed by atoms with Crippen molar-refractivity contribution in [3.63, 3.8) is 0 Å². The summed E-state index contributed by atoms with van der Waals surface area (Å²) < 4.78 is 4.87.